The van der Waals surface area contributed by atoms with Crippen LogP contribution in [0.5, 0.6) is 5.75 Å². The van der Waals surface area contributed by atoms with Crippen LogP contribution in [0.15, 0.2) is 48.5 Å². The summed E-state index contributed by atoms with van der Waals surface area (Å²) in [6.07, 6.45) is 0.0567. The lowest BCUT2D eigenvalue weighted by Gasteiger charge is -2.36. The molecule has 2 amide bonds. The molecule has 2 aromatic carbocycles. The molecular formula is C24H33N3O2. The van der Waals surface area contributed by atoms with Gasteiger partial charge in [-0.15, -0.1) is 0 Å². The molecule has 1 N–H and O–H groups in total. The number of para-hydroxylation sites is 2. The summed E-state index contributed by atoms with van der Waals surface area (Å²) in [4.78, 5) is 17.0. The molecule has 156 valence electrons. The van der Waals surface area contributed by atoms with Crippen molar-refractivity contribution in [1.82, 2.24) is 4.90 Å². The second-order valence-electron chi connectivity index (χ2n) is 8.86. The first-order valence-corrected chi connectivity index (χ1v) is 10.4. The lowest BCUT2D eigenvalue weighted by molar-refractivity contribution is 0.207. The minimum absolute atomic E-state index is 0.0567. The Labute approximate surface area is 174 Å². The fraction of sp³-hybridized carbons (Fsp3) is 0.458. The van der Waals surface area contributed by atoms with Crippen molar-refractivity contribution in [2.24, 2.45) is 0 Å². The zero-order valence-corrected chi connectivity index (χ0v) is 18.2. The van der Waals surface area contributed by atoms with Gasteiger partial charge >= 0.3 is 6.03 Å². The van der Waals surface area contributed by atoms with Crippen molar-refractivity contribution >= 4 is 17.4 Å². The van der Waals surface area contributed by atoms with Crippen LogP contribution in [0.25, 0.3) is 0 Å². The van der Waals surface area contributed by atoms with Gasteiger partial charge in [0, 0.05) is 31.9 Å². The molecule has 1 aliphatic heterocycles. The van der Waals surface area contributed by atoms with Crippen LogP contribution in [0, 0.1) is 0 Å². The quantitative estimate of drug-likeness (QED) is 0.781. The first-order chi connectivity index (χ1) is 13.7. The Kier molecular flexibility index (Phi) is 6.36. The van der Waals surface area contributed by atoms with Gasteiger partial charge in [0.25, 0.3) is 0 Å². The van der Waals surface area contributed by atoms with Crippen LogP contribution >= 0.6 is 0 Å². The van der Waals surface area contributed by atoms with Gasteiger partial charge in [0.15, 0.2) is 0 Å². The molecule has 0 atom stereocenters. The number of hydrogen-bond donors (Lipinski definition) is 1. The summed E-state index contributed by atoms with van der Waals surface area (Å²) in [5, 5.41) is 3.01. The number of hydrogen-bond acceptors (Lipinski definition) is 3. The molecule has 0 radical (unpaired) electrons. The monoisotopic (exact) mass is 395 g/mol. The Morgan fingerprint density at radius 3 is 2.17 bits per heavy atom. The number of carbonyl (C=O) groups excluding carboxylic acids is 1. The van der Waals surface area contributed by atoms with Gasteiger partial charge in [-0.1, -0.05) is 45.0 Å². The average Bonchev–Trinajstić information content (AvgIpc) is 2.68. The lowest BCUT2D eigenvalue weighted by atomic mass is 9.87. The summed E-state index contributed by atoms with van der Waals surface area (Å²) in [5.74, 6) is 0.702. The summed E-state index contributed by atoms with van der Waals surface area (Å²) in [7, 11) is 0. The number of ether oxygens (including phenoxy) is 1. The molecule has 0 unspecified atom stereocenters. The third-order valence-electron chi connectivity index (χ3n) is 5.16. The predicted molar refractivity (Wildman–Crippen MR) is 120 cm³/mol. The van der Waals surface area contributed by atoms with Crippen molar-refractivity contribution in [1.29, 1.82) is 0 Å². The van der Waals surface area contributed by atoms with E-state index in [1.54, 1.807) is 0 Å². The van der Waals surface area contributed by atoms with E-state index in [2.05, 4.69) is 55.3 Å². The van der Waals surface area contributed by atoms with Crippen LogP contribution in [0.3, 0.4) is 0 Å². The average molecular weight is 396 g/mol. The Bertz CT molecular complexity index is 817. The highest BCUT2D eigenvalue weighted by Gasteiger charge is 2.22. The molecular weight excluding hydrogens is 362 g/mol. The SMILES string of the molecule is CC(C)Oc1ccccc1NC(=O)N1CCN(c2ccc(C(C)(C)C)cc2)CC1. The Morgan fingerprint density at radius 2 is 1.59 bits per heavy atom. The van der Waals surface area contributed by atoms with Crippen molar-refractivity contribution in [2.75, 3.05) is 36.4 Å². The summed E-state index contributed by atoms with van der Waals surface area (Å²) in [6, 6.07) is 16.3. The second kappa shape index (κ2) is 8.76. The van der Waals surface area contributed by atoms with Crippen molar-refractivity contribution < 1.29 is 9.53 Å². The van der Waals surface area contributed by atoms with Gasteiger partial charge in [-0.05, 0) is 49.1 Å². The molecule has 29 heavy (non-hydrogen) atoms. The van der Waals surface area contributed by atoms with Gasteiger partial charge in [0.1, 0.15) is 5.75 Å². The molecule has 1 fully saturated rings. The topological polar surface area (TPSA) is 44.8 Å². The first kappa shape index (κ1) is 21.0. The highest BCUT2D eigenvalue weighted by Crippen LogP contribution is 2.27. The zero-order valence-electron chi connectivity index (χ0n) is 18.2. The number of nitrogens with zero attached hydrogens (tertiary/aromatic N) is 2. The van der Waals surface area contributed by atoms with Crippen molar-refractivity contribution in [3.05, 3.63) is 54.1 Å². The minimum atomic E-state index is -0.0764. The molecule has 0 spiro atoms. The molecule has 0 aliphatic carbocycles. The molecule has 1 saturated heterocycles. The fourth-order valence-electron chi connectivity index (χ4n) is 3.46. The smallest absolute Gasteiger partial charge is 0.322 e. The second-order valence-corrected chi connectivity index (χ2v) is 8.86. The van der Waals surface area contributed by atoms with Crippen LogP contribution in [-0.2, 0) is 5.41 Å². The number of benzene rings is 2. The molecule has 3 rings (SSSR count). The largest absolute Gasteiger partial charge is 0.489 e. The van der Waals surface area contributed by atoms with E-state index in [9.17, 15) is 4.79 Å². The maximum absolute atomic E-state index is 12.7. The van der Waals surface area contributed by atoms with E-state index in [0.717, 1.165) is 13.1 Å². The van der Waals surface area contributed by atoms with Crippen LogP contribution in [-0.4, -0.2) is 43.2 Å². The molecule has 0 saturated carbocycles. The summed E-state index contributed by atoms with van der Waals surface area (Å²) < 4.78 is 5.80. The summed E-state index contributed by atoms with van der Waals surface area (Å²) >= 11 is 0. The normalized spacial score (nSPS) is 14.8. The molecule has 2 aromatic rings. The maximum atomic E-state index is 12.7. The number of carbonyl (C=O) groups is 1. The number of anilines is 2. The van der Waals surface area contributed by atoms with E-state index in [4.69, 9.17) is 4.74 Å². The minimum Gasteiger partial charge on any atom is -0.489 e. The summed E-state index contributed by atoms with van der Waals surface area (Å²) in [5.41, 5.74) is 3.42. The highest BCUT2D eigenvalue weighted by molar-refractivity contribution is 5.91. The summed E-state index contributed by atoms with van der Waals surface area (Å²) in [6.45, 7) is 13.7. The van der Waals surface area contributed by atoms with Gasteiger partial charge in [0.05, 0.1) is 11.8 Å². The van der Waals surface area contributed by atoms with Gasteiger partial charge in [-0.25, -0.2) is 4.79 Å². The number of rotatable bonds is 4. The number of urea groups is 1. The van der Waals surface area contributed by atoms with Gasteiger partial charge < -0.3 is 19.9 Å². The van der Waals surface area contributed by atoms with Gasteiger partial charge in [-0.2, -0.15) is 0 Å². The predicted octanol–water partition coefficient (Wildman–Crippen LogP) is 5.13. The van der Waals surface area contributed by atoms with Crippen LogP contribution < -0.4 is 15.0 Å². The van der Waals surface area contributed by atoms with Crippen molar-refractivity contribution in [3.8, 4) is 5.75 Å². The molecule has 0 bridgehead atoms. The Balaban J connectivity index is 1.57. The molecule has 1 heterocycles. The number of amides is 2. The van der Waals surface area contributed by atoms with E-state index in [-0.39, 0.29) is 17.6 Å². The Morgan fingerprint density at radius 1 is 0.966 bits per heavy atom. The molecule has 1 aliphatic rings. The number of piperazine rings is 1. The van der Waals surface area contributed by atoms with E-state index >= 15 is 0 Å². The third-order valence-corrected chi connectivity index (χ3v) is 5.16. The maximum Gasteiger partial charge on any atom is 0.322 e. The third kappa shape index (κ3) is 5.43. The van der Waals surface area contributed by atoms with Crippen molar-refractivity contribution in [3.63, 3.8) is 0 Å². The van der Waals surface area contributed by atoms with Gasteiger partial charge in [0.2, 0.25) is 0 Å². The zero-order chi connectivity index (χ0) is 21.0. The first-order valence-electron chi connectivity index (χ1n) is 10.4. The van der Waals surface area contributed by atoms with E-state index < -0.39 is 0 Å². The van der Waals surface area contributed by atoms with Crippen molar-refractivity contribution in [2.45, 2.75) is 46.1 Å². The van der Waals surface area contributed by atoms with E-state index in [0.29, 0.717) is 24.5 Å². The molecule has 5 nitrogen and oxygen atoms in total. The molecule has 5 heteroatoms. The fourth-order valence-corrected chi connectivity index (χ4v) is 3.46. The van der Waals surface area contributed by atoms with Crippen LogP contribution in [0.4, 0.5) is 16.2 Å². The van der Waals surface area contributed by atoms with E-state index in [1.165, 1.54) is 11.3 Å². The standard InChI is InChI=1S/C24H33N3O2/c1-18(2)29-22-9-7-6-8-21(22)25-23(28)27-16-14-26(15-17-27)20-12-10-19(11-13-20)24(3,4)5/h6-13,18H,14-17H2,1-5H3,(H,25,28). The van der Waals surface area contributed by atoms with Crippen LogP contribution in [0.1, 0.15) is 40.2 Å². The Hall–Kier alpha value is -2.69. The van der Waals surface area contributed by atoms with E-state index in [1.807, 2.05) is 43.0 Å². The highest BCUT2D eigenvalue weighted by atomic mass is 16.5. The van der Waals surface area contributed by atoms with Crippen LogP contribution in [0.2, 0.25) is 0 Å². The number of nitrogens with one attached hydrogen (secondary N) is 1. The molecule has 0 aromatic heterocycles. The lowest BCUT2D eigenvalue weighted by Crippen LogP contribution is -2.50. The van der Waals surface area contributed by atoms with Gasteiger partial charge in [-0.3, -0.25) is 0 Å².